The van der Waals surface area contributed by atoms with Gasteiger partial charge in [-0.3, -0.25) is 9.78 Å². The largest absolute Gasteiger partial charge is 0.449 e. The molecule has 1 spiro atoms. The summed E-state index contributed by atoms with van der Waals surface area (Å²) in [5, 5.41) is 0. The van der Waals surface area contributed by atoms with Gasteiger partial charge in [-0.25, -0.2) is 4.79 Å². The average Bonchev–Trinajstić information content (AvgIpc) is 2.87. The number of pyridine rings is 1. The number of carbonyl (C=O) groups excluding carboxylic acids is 2. The summed E-state index contributed by atoms with van der Waals surface area (Å²) in [5.41, 5.74) is 1.21. The Morgan fingerprint density at radius 1 is 1.17 bits per heavy atom. The molecule has 0 N–H and O–H groups in total. The zero-order chi connectivity index (χ0) is 15.9. The summed E-state index contributed by atoms with van der Waals surface area (Å²) < 4.78 is 5.72. The summed E-state index contributed by atoms with van der Waals surface area (Å²) in [6.07, 6.45) is 3.14. The predicted octanol–water partition coefficient (Wildman–Crippen LogP) is 2.38. The van der Waals surface area contributed by atoms with Crippen LogP contribution in [0.2, 0.25) is 0 Å². The number of benzene rings is 1. The first-order valence-electron chi connectivity index (χ1n) is 7.73. The van der Waals surface area contributed by atoms with Crippen molar-refractivity contribution < 1.29 is 14.3 Å². The lowest BCUT2D eigenvalue weighted by atomic mass is 9.85. The lowest BCUT2D eigenvalue weighted by molar-refractivity contribution is -0.0443. The first kappa shape index (κ1) is 13.9. The minimum Gasteiger partial charge on any atom is -0.449 e. The Morgan fingerprint density at radius 3 is 2.83 bits per heavy atom. The maximum Gasteiger partial charge on any atom is 0.339 e. The Morgan fingerprint density at radius 2 is 2.00 bits per heavy atom. The van der Waals surface area contributed by atoms with Gasteiger partial charge in [0.05, 0.1) is 12.1 Å². The Labute approximate surface area is 133 Å². The summed E-state index contributed by atoms with van der Waals surface area (Å²) >= 11 is 0. The molecule has 0 radical (unpaired) electrons. The van der Waals surface area contributed by atoms with Crippen molar-refractivity contribution >= 4 is 11.9 Å². The topological polar surface area (TPSA) is 59.5 Å². The molecule has 1 amide bonds. The van der Waals surface area contributed by atoms with Gasteiger partial charge in [-0.15, -0.1) is 0 Å². The third kappa shape index (κ3) is 2.20. The molecule has 2 aliphatic heterocycles. The number of likely N-dealkylation sites (tertiary alicyclic amines) is 1. The van der Waals surface area contributed by atoms with Crippen LogP contribution in [0.25, 0.3) is 0 Å². The third-order valence-electron chi connectivity index (χ3n) is 4.55. The normalized spacial score (nSPS) is 22.8. The second-order valence-electron chi connectivity index (χ2n) is 5.97. The molecule has 1 unspecified atom stereocenters. The average molecular weight is 308 g/mol. The summed E-state index contributed by atoms with van der Waals surface area (Å²) in [4.78, 5) is 30.7. The van der Waals surface area contributed by atoms with Crippen LogP contribution < -0.4 is 0 Å². The van der Waals surface area contributed by atoms with Crippen LogP contribution in [0.4, 0.5) is 0 Å². The first-order valence-corrected chi connectivity index (χ1v) is 7.73. The van der Waals surface area contributed by atoms with Gasteiger partial charge in [0.25, 0.3) is 5.91 Å². The van der Waals surface area contributed by atoms with Crippen molar-refractivity contribution in [1.82, 2.24) is 9.88 Å². The maximum absolute atomic E-state index is 12.7. The minimum atomic E-state index is -0.712. The highest BCUT2D eigenvalue weighted by molar-refractivity contribution is 5.95. The van der Waals surface area contributed by atoms with E-state index in [0.717, 1.165) is 18.4 Å². The van der Waals surface area contributed by atoms with E-state index < -0.39 is 5.60 Å². The molecule has 5 nitrogen and oxygen atoms in total. The minimum absolute atomic E-state index is 0.120. The molecule has 1 fully saturated rings. The highest BCUT2D eigenvalue weighted by atomic mass is 16.6. The number of aromatic nitrogens is 1. The molecule has 116 valence electrons. The van der Waals surface area contributed by atoms with E-state index in [-0.39, 0.29) is 11.9 Å². The summed E-state index contributed by atoms with van der Waals surface area (Å²) in [6, 6.07) is 12.7. The number of ether oxygens (including phenoxy) is 1. The van der Waals surface area contributed by atoms with E-state index in [9.17, 15) is 9.59 Å². The van der Waals surface area contributed by atoms with Crippen LogP contribution in [0.3, 0.4) is 0 Å². The molecule has 5 heteroatoms. The highest BCUT2D eigenvalue weighted by Gasteiger charge is 2.48. The third-order valence-corrected chi connectivity index (χ3v) is 4.55. The predicted molar refractivity (Wildman–Crippen MR) is 82.9 cm³/mol. The van der Waals surface area contributed by atoms with E-state index in [1.807, 2.05) is 18.2 Å². The lowest BCUT2D eigenvalue weighted by Crippen LogP contribution is -2.48. The molecular formula is C18H16N2O3. The van der Waals surface area contributed by atoms with Crippen molar-refractivity contribution in [2.24, 2.45) is 0 Å². The number of rotatable bonds is 1. The van der Waals surface area contributed by atoms with Crippen molar-refractivity contribution in [1.29, 1.82) is 0 Å². The van der Waals surface area contributed by atoms with Crippen molar-refractivity contribution in [2.45, 2.75) is 18.4 Å². The van der Waals surface area contributed by atoms with E-state index in [0.29, 0.717) is 24.3 Å². The van der Waals surface area contributed by atoms with E-state index >= 15 is 0 Å². The maximum atomic E-state index is 12.7. The van der Waals surface area contributed by atoms with Crippen molar-refractivity contribution in [3.8, 4) is 0 Å². The van der Waals surface area contributed by atoms with Gasteiger partial charge in [-0.05, 0) is 31.0 Å². The highest BCUT2D eigenvalue weighted by Crippen LogP contribution is 2.42. The molecule has 1 aromatic carbocycles. The quantitative estimate of drug-likeness (QED) is 0.759. The molecule has 2 aliphatic rings. The molecule has 3 heterocycles. The van der Waals surface area contributed by atoms with Crippen LogP contribution in [0, 0.1) is 0 Å². The molecule has 2 aromatic rings. The van der Waals surface area contributed by atoms with Crippen molar-refractivity contribution in [3.05, 3.63) is 65.5 Å². The van der Waals surface area contributed by atoms with Crippen molar-refractivity contribution in [3.63, 3.8) is 0 Å². The zero-order valence-corrected chi connectivity index (χ0v) is 12.6. The van der Waals surface area contributed by atoms with E-state index in [1.165, 1.54) is 0 Å². The van der Waals surface area contributed by atoms with Crippen LogP contribution in [-0.4, -0.2) is 34.8 Å². The van der Waals surface area contributed by atoms with Gasteiger partial charge in [-0.2, -0.15) is 0 Å². The van der Waals surface area contributed by atoms with Gasteiger partial charge >= 0.3 is 5.97 Å². The number of amides is 1. The fraction of sp³-hybridized carbons (Fsp3) is 0.278. The van der Waals surface area contributed by atoms with Crippen LogP contribution in [0.1, 0.15) is 39.3 Å². The van der Waals surface area contributed by atoms with Gasteiger partial charge in [0.15, 0.2) is 5.60 Å². The van der Waals surface area contributed by atoms with Gasteiger partial charge in [0.2, 0.25) is 0 Å². The number of fused-ring (bicyclic) bond motifs is 2. The van der Waals surface area contributed by atoms with Gasteiger partial charge in [-0.1, -0.05) is 24.3 Å². The molecule has 1 saturated heterocycles. The number of hydrogen-bond donors (Lipinski definition) is 0. The standard InChI is InChI=1S/C18H16N2O3/c21-16(15-8-3-4-10-19-15)20-11-5-9-18(12-20)14-7-2-1-6-13(14)17(22)23-18/h1-4,6-8,10H,5,9,11-12H2. The monoisotopic (exact) mass is 308 g/mol. The molecule has 1 atom stereocenters. The first-order chi connectivity index (χ1) is 11.2. The Balaban J connectivity index is 1.66. The van der Waals surface area contributed by atoms with E-state index in [1.54, 1.807) is 35.4 Å². The number of carbonyl (C=O) groups is 2. The molecule has 0 saturated carbocycles. The molecule has 1 aromatic heterocycles. The van der Waals surface area contributed by atoms with Crippen LogP contribution in [0.5, 0.6) is 0 Å². The van der Waals surface area contributed by atoms with Crippen LogP contribution in [-0.2, 0) is 10.3 Å². The number of nitrogens with zero attached hydrogens (tertiary/aromatic N) is 2. The SMILES string of the molecule is O=C1OC2(CCCN(C(=O)c3ccccn3)C2)c2ccccc21. The number of piperidine rings is 1. The second kappa shape index (κ2) is 5.19. The Bertz CT molecular complexity index is 775. The van der Waals surface area contributed by atoms with Gasteiger partial charge < -0.3 is 9.64 Å². The number of hydrogen-bond acceptors (Lipinski definition) is 4. The Kier molecular flexibility index (Phi) is 3.15. The smallest absolute Gasteiger partial charge is 0.339 e. The number of esters is 1. The van der Waals surface area contributed by atoms with Gasteiger partial charge in [0, 0.05) is 18.3 Å². The fourth-order valence-electron chi connectivity index (χ4n) is 3.50. The summed E-state index contributed by atoms with van der Waals surface area (Å²) in [6.45, 7) is 1.03. The van der Waals surface area contributed by atoms with Gasteiger partial charge in [0.1, 0.15) is 5.69 Å². The summed E-state index contributed by atoms with van der Waals surface area (Å²) in [5.74, 6) is -0.419. The molecule has 0 aliphatic carbocycles. The van der Waals surface area contributed by atoms with E-state index in [4.69, 9.17) is 4.74 Å². The molecule has 0 bridgehead atoms. The molecule has 4 rings (SSSR count). The lowest BCUT2D eigenvalue weighted by Gasteiger charge is -2.39. The van der Waals surface area contributed by atoms with Crippen LogP contribution in [0.15, 0.2) is 48.7 Å². The molecular weight excluding hydrogens is 292 g/mol. The summed E-state index contributed by atoms with van der Waals surface area (Å²) in [7, 11) is 0. The van der Waals surface area contributed by atoms with Crippen molar-refractivity contribution in [2.75, 3.05) is 13.1 Å². The Hall–Kier alpha value is -2.69. The zero-order valence-electron chi connectivity index (χ0n) is 12.6. The molecule has 23 heavy (non-hydrogen) atoms. The van der Waals surface area contributed by atoms with Crippen LogP contribution >= 0.6 is 0 Å². The fourth-order valence-corrected chi connectivity index (χ4v) is 3.50. The van der Waals surface area contributed by atoms with E-state index in [2.05, 4.69) is 4.98 Å². The second-order valence-corrected chi connectivity index (χ2v) is 5.97.